The van der Waals surface area contributed by atoms with E-state index in [2.05, 4.69) is 21.6 Å². The molecule has 43 valence electrons. The summed E-state index contributed by atoms with van der Waals surface area (Å²) in [5, 5.41) is 3.22. The van der Waals surface area contributed by atoms with Crippen LogP contribution < -0.4 is 5.32 Å². The van der Waals surface area contributed by atoms with Crippen molar-refractivity contribution in [1.82, 2.24) is 5.32 Å². The van der Waals surface area contributed by atoms with Gasteiger partial charge in [0.05, 0.1) is 0 Å². The molecule has 0 aromatic carbocycles. The maximum atomic E-state index is 3.22. The van der Waals surface area contributed by atoms with Crippen molar-refractivity contribution in [2.45, 2.75) is 18.6 Å². The van der Waals surface area contributed by atoms with Gasteiger partial charge in [0.15, 0.2) is 0 Å². The van der Waals surface area contributed by atoms with Gasteiger partial charge < -0.3 is 5.32 Å². The van der Waals surface area contributed by atoms with Gasteiger partial charge in [-0.2, -0.15) is 0 Å². The van der Waals surface area contributed by atoms with Crippen LogP contribution in [0.25, 0.3) is 0 Å². The van der Waals surface area contributed by atoms with Crippen molar-refractivity contribution in [2.24, 2.45) is 0 Å². The quantitative estimate of drug-likeness (QED) is 0.474. The van der Waals surface area contributed by atoms with Crippen LogP contribution in [0, 0.1) is 0 Å². The molecule has 1 saturated heterocycles. The van der Waals surface area contributed by atoms with Crippen LogP contribution in [0.5, 0.6) is 0 Å². The largest absolute Gasteiger partial charge is 0.317 e. The monoisotopic (exact) mass is 140 g/mol. The highest BCUT2D eigenvalue weighted by atomic mass is 27.0. The average Bonchev–Trinajstić information content (AvgIpc) is 2.23. The average molecular weight is 140 g/mol. The molecule has 0 aromatic rings. The maximum Gasteiger partial charge on any atom is 0.112 e. The molecule has 0 unspecified atom stereocenters. The van der Waals surface area contributed by atoms with Crippen LogP contribution in [0.1, 0.15) is 12.8 Å². The molecule has 0 spiro atoms. The van der Waals surface area contributed by atoms with E-state index in [4.69, 9.17) is 0 Å². The lowest BCUT2D eigenvalue weighted by Crippen LogP contribution is -2.03. The topological polar surface area (TPSA) is 12.0 Å². The third-order valence-corrected chi connectivity index (χ3v) is 0.957. The predicted molar refractivity (Wildman–Crippen MR) is 39.5 cm³/mol. The zero-order valence-corrected chi connectivity index (χ0v) is 7.79. The third kappa shape index (κ3) is 7.02. The Bertz CT molecular complexity index is 22.0. The lowest BCUT2D eigenvalue weighted by Gasteiger charge is -1.76. The van der Waals surface area contributed by atoms with E-state index in [-0.39, 0.29) is 17.4 Å². The fraction of sp³-hybridized carbons (Fsp3) is 1.00. The van der Waals surface area contributed by atoms with Crippen LogP contribution in [0.3, 0.4) is 0 Å². The molecule has 1 fully saturated rings. The third-order valence-electron chi connectivity index (χ3n) is 0.957. The van der Waals surface area contributed by atoms with Crippen molar-refractivity contribution in [1.29, 1.82) is 0 Å². The highest BCUT2D eigenvalue weighted by Crippen LogP contribution is 1.90. The lowest BCUT2D eigenvalue weighted by atomic mass is 10.4. The zero-order valence-electron chi connectivity index (χ0n) is 5.48. The second kappa shape index (κ2) is 10.9. The summed E-state index contributed by atoms with van der Waals surface area (Å²) in [5.74, 6) is 1.92. The van der Waals surface area contributed by atoms with Gasteiger partial charge >= 0.3 is 0 Å². The minimum atomic E-state index is 0. The van der Waals surface area contributed by atoms with E-state index >= 15 is 0 Å². The molecule has 1 heterocycles. The molecule has 0 bridgehead atoms. The van der Waals surface area contributed by atoms with Crippen molar-refractivity contribution in [3.05, 3.63) is 0 Å². The second-order valence-corrected chi connectivity index (χ2v) is 1.46. The van der Waals surface area contributed by atoms with Gasteiger partial charge in [-0.1, -0.05) is 0 Å². The fourth-order valence-electron chi connectivity index (χ4n) is 0.625. The highest BCUT2D eigenvalue weighted by Gasteiger charge is 1.93. The summed E-state index contributed by atoms with van der Waals surface area (Å²) in [4.78, 5) is 0. The second-order valence-electron chi connectivity index (χ2n) is 1.46. The molecule has 1 rings (SSSR count). The first-order valence-corrected chi connectivity index (χ1v) is 3.94. The highest BCUT2D eigenvalue weighted by molar-refractivity contribution is 6.05. The van der Waals surface area contributed by atoms with Gasteiger partial charge in [-0.3, -0.25) is 0 Å². The molecule has 1 nitrogen and oxygen atoms in total. The summed E-state index contributed by atoms with van der Waals surface area (Å²) in [7, 11) is 0. The standard InChI is InChI=1S/C4H9N.CH3.2Al/c1-2-4-5-3-1;;;/h5H,1-4H2;1H3;;. The summed E-state index contributed by atoms with van der Waals surface area (Å²) in [6.07, 6.45) is 2.78. The predicted octanol–water partition coefficient (Wildman–Crippen LogP) is 0.192. The van der Waals surface area contributed by atoms with Gasteiger partial charge in [-0.25, -0.2) is 0 Å². The molecule has 0 aliphatic carbocycles. The number of hydrogen-bond acceptors (Lipinski definition) is 1. The van der Waals surface area contributed by atoms with E-state index in [0.29, 0.717) is 0 Å². The first-order chi connectivity index (χ1) is 3.50. The number of nitrogens with one attached hydrogen (secondary N) is 1. The van der Waals surface area contributed by atoms with Gasteiger partial charge in [-0.05, 0) is 25.9 Å². The van der Waals surface area contributed by atoms with Crippen LogP contribution in [-0.4, -0.2) is 46.7 Å². The minimum absolute atomic E-state index is 0. The van der Waals surface area contributed by atoms with E-state index in [1.165, 1.54) is 25.9 Å². The van der Waals surface area contributed by atoms with E-state index in [1.807, 2.05) is 5.79 Å². The smallest absolute Gasteiger partial charge is 0.112 e. The maximum absolute atomic E-state index is 3.22. The van der Waals surface area contributed by atoms with Gasteiger partial charge in [0.1, 0.15) is 16.3 Å². The van der Waals surface area contributed by atoms with Crippen LogP contribution >= 0.6 is 0 Å². The minimum Gasteiger partial charge on any atom is -0.317 e. The molecule has 1 N–H and O–H groups in total. The van der Waals surface area contributed by atoms with Crippen molar-refractivity contribution in [3.8, 4) is 0 Å². The van der Waals surface area contributed by atoms with Crippen LogP contribution in [0.4, 0.5) is 0 Å². The Hall–Kier alpha value is 1.02. The Labute approximate surface area is 70.8 Å². The van der Waals surface area contributed by atoms with Crippen molar-refractivity contribution in [3.63, 3.8) is 0 Å². The van der Waals surface area contributed by atoms with Crippen LogP contribution in [0.2, 0.25) is 5.79 Å². The molecule has 1 aliphatic heterocycles. The molecule has 3 heteroatoms. The van der Waals surface area contributed by atoms with Gasteiger partial charge in [-0.15, -0.1) is 5.79 Å². The Morgan fingerprint density at radius 1 is 1.12 bits per heavy atom. The summed E-state index contributed by atoms with van der Waals surface area (Å²) in [5.41, 5.74) is 0. The molecule has 0 amide bonds. The van der Waals surface area contributed by atoms with Crippen LogP contribution in [0.15, 0.2) is 0 Å². The van der Waals surface area contributed by atoms with Gasteiger partial charge in [0.25, 0.3) is 0 Å². The summed E-state index contributed by atoms with van der Waals surface area (Å²) >= 11 is 2.42. The van der Waals surface area contributed by atoms with Gasteiger partial charge in [0, 0.05) is 17.4 Å². The molecule has 0 aromatic heterocycles. The van der Waals surface area contributed by atoms with E-state index in [1.54, 1.807) is 0 Å². The normalized spacial score (nSPS) is 15.6. The molecule has 0 atom stereocenters. The number of hydrogen-bond donors (Lipinski definition) is 1. The SMILES string of the molecule is C1CCNC1.[Al].[CH3][Al]. The van der Waals surface area contributed by atoms with Crippen molar-refractivity contribution < 1.29 is 0 Å². The van der Waals surface area contributed by atoms with E-state index in [9.17, 15) is 0 Å². The molecule has 0 saturated carbocycles. The fourth-order valence-corrected chi connectivity index (χ4v) is 0.625. The summed E-state index contributed by atoms with van der Waals surface area (Å²) in [6, 6.07) is 0. The van der Waals surface area contributed by atoms with Gasteiger partial charge in [0.2, 0.25) is 0 Å². The molecular weight excluding hydrogens is 128 g/mol. The Morgan fingerprint density at radius 2 is 1.50 bits per heavy atom. The van der Waals surface area contributed by atoms with E-state index < -0.39 is 0 Å². The molecular formula is C5H12Al2N. The summed E-state index contributed by atoms with van der Waals surface area (Å²) < 4.78 is 0. The lowest BCUT2D eigenvalue weighted by molar-refractivity contribution is 0.857. The van der Waals surface area contributed by atoms with Crippen molar-refractivity contribution in [2.75, 3.05) is 13.1 Å². The van der Waals surface area contributed by atoms with Crippen LogP contribution in [-0.2, 0) is 0 Å². The summed E-state index contributed by atoms with van der Waals surface area (Å²) in [6.45, 7) is 2.50. The first kappa shape index (κ1) is 11.8. The Kier molecular flexibility index (Phi) is 16.1. The number of rotatable bonds is 0. The molecule has 1 aliphatic rings. The Balaban J connectivity index is 0. The Morgan fingerprint density at radius 3 is 1.62 bits per heavy atom. The molecule has 5 radical (unpaired) electrons. The van der Waals surface area contributed by atoms with E-state index in [0.717, 1.165) is 0 Å². The zero-order chi connectivity index (χ0) is 5.54. The first-order valence-electron chi connectivity index (χ1n) is 2.78. The van der Waals surface area contributed by atoms with Crippen molar-refractivity contribution >= 4 is 33.7 Å². The molecule has 8 heavy (non-hydrogen) atoms.